The molecule has 1 atom stereocenters. The summed E-state index contributed by atoms with van der Waals surface area (Å²) in [4.78, 5) is 1.99. The number of unbranched alkanes of at least 4 members (excludes halogenated alkanes) is 1. The van der Waals surface area contributed by atoms with Crippen molar-refractivity contribution in [3.63, 3.8) is 0 Å². The van der Waals surface area contributed by atoms with Crippen LogP contribution in [-0.2, 0) is 6.18 Å². The molecule has 0 aliphatic carbocycles. The number of hydrogen-bond acceptors (Lipinski definition) is 2. The Labute approximate surface area is 124 Å². The van der Waals surface area contributed by atoms with Crippen LogP contribution < -0.4 is 4.90 Å². The third-order valence-electron chi connectivity index (χ3n) is 3.64. The highest BCUT2D eigenvalue weighted by atomic mass is 19.4. The summed E-state index contributed by atoms with van der Waals surface area (Å²) in [5, 5.41) is 8.84. The summed E-state index contributed by atoms with van der Waals surface area (Å²) in [6, 6.07) is 5.74. The van der Waals surface area contributed by atoms with Crippen LogP contribution in [0.3, 0.4) is 0 Å². The normalized spacial score (nSPS) is 12.8. The van der Waals surface area contributed by atoms with Gasteiger partial charge in [0.25, 0.3) is 0 Å². The quantitative estimate of drug-likeness (QED) is 0.740. The van der Waals surface area contributed by atoms with E-state index in [0.29, 0.717) is 12.2 Å². The summed E-state index contributed by atoms with van der Waals surface area (Å²) in [6.07, 6.45) is -1.75. The lowest BCUT2D eigenvalue weighted by Crippen LogP contribution is -2.33. The van der Waals surface area contributed by atoms with Crippen molar-refractivity contribution in [1.29, 1.82) is 5.26 Å². The molecular weight excluding hydrogens is 277 g/mol. The van der Waals surface area contributed by atoms with Crippen molar-refractivity contribution in [2.45, 2.75) is 52.3 Å². The van der Waals surface area contributed by atoms with Gasteiger partial charge in [-0.3, -0.25) is 0 Å². The maximum absolute atomic E-state index is 13.0. The Morgan fingerprint density at radius 2 is 1.95 bits per heavy atom. The van der Waals surface area contributed by atoms with E-state index >= 15 is 0 Å². The summed E-state index contributed by atoms with van der Waals surface area (Å²) in [6.45, 7) is 6.78. The molecule has 0 bridgehead atoms. The van der Waals surface area contributed by atoms with Crippen LogP contribution in [0, 0.1) is 11.3 Å². The van der Waals surface area contributed by atoms with Crippen LogP contribution >= 0.6 is 0 Å². The monoisotopic (exact) mass is 298 g/mol. The summed E-state index contributed by atoms with van der Waals surface area (Å²) >= 11 is 0. The molecule has 0 aliphatic heterocycles. The summed E-state index contributed by atoms with van der Waals surface area (Å²) < 4.78 is 39.1. The largest absolute Gasteiger partial charge is 0.417 e. The first-order chi connectivity index (χ1) is 9.85. The second-order valence-corrected chi connectivity index (χ2v) is 5.14. The number of nitriles is 1. The smallest absolute Gasteiger partial charge is 0.369 e. The van der Waals surface area contributed by atoms with E-state index in [-0.39, 0.29) is 11.6 Å². The van der Waals surface area contributed by atoms with Gasteiger partial charge in [0.15, 0.2) is 0 Å². The van der Waals surface area contributed by atoms with Crippen molar-refractivity contribution in [3.8, 4) is 6.07 Å². The Kier molecular flexibility index (Phi) is 6.07. The highest BCUT2D eigenvalue weighted by Gasteiger charge is 2.34. The van der Waals surface area contributed by atoms with Crippen molar-refractivity contribution in [2.75, 3.05) is 11.4 Å². The minimum absolute atomic E-state index is 0.158. The van der Waals surface area contributed by atoms with Gasteiger partial charge in [-0.25, -0.2) is 0 Å². The zero-order valence-electron chi connectivity index (χ0n) is 12.7. The number of rotatable bonds is 6. The molecule has 5 heteroatoms. The molecular formula is C16H21F3N2. The van der Waals surface area contributed by atoms with Gasteiger partial charge in [-0.05, 0) is 38.0 Å². The first kappa shape index (κ1) is 17.4. The van der Waals surface area contributed by atoms with Gasteiger partial charge in [0.1, 0.15) is 0 Å². The first-order valence-electron chi connectivity index (χ1n) is 7.23. The van der Waals surface area contributed by atoms with Crippen molar-refractivity contribution >= 4 is 5.69 Å². The summed E-state index contributed by atoms with van der Waals surface area (Å²) in [5.74, 6) is 0. The maximum Gasteiger partial charge on any atom is 0.417 e. The van der Waals surface area contributed by atoms with Crippen molar-refractivity contribution in [2.24, 2.45) is 0 Å². The van der Waals surface area contributed by atoms with Gasteiger partial charge in [0.05, 0.1) is 17.2 Å². The Balaban J connectivity index is 3.24. The Morgan fingerprint density at radius 1 is 1.29 bits per heavy atom. The van der Waals surface area contributed by atoms with Gasteiger partial charge in [-0.1, -0.05) is 20.3 Å². The van der Waals surface area contributed by atoms with Crippen LogP contribution in [0.25, 0.3) is 0 Å². The number of halogens is 3. The molecule has 0 saturated carbocycles. The van der Waals surface area contributed by atoms with Crippen LogP contribution in [-0.4, -0.2) is 12.6 Å². The van der Waals surface area contributed by atoms with Gasteiger partial charge < -0.3 is 4.90 Å². The topological polar surface area (TPSA) is 27.0 Å². The van der Waals surface area contributed by atoms with Crippen molar-refractivity contribution in [3.05, 3.63) is 29.3 Å². The zero-order valence-corrected chi connectivity index (χ0v) is 12.7. The second-order valence-electron chi connectivity index (χ2n) is 5.14. The minimum atomic E-state index is -4.51. The maximum atomic E-state index is 13.0. The Morgan fingerprint density at radius 3 is 2.43 bits per heavy atom. The predicted octanol–water partition coefficient (Wildman–Crippen LogP) is 4.98. The Bertz CT molecular complexity index is 503. The molecule has 1 unspecified atom stereocenters. The van der Waals surface area contributed by atoms with Gasteiger partial charge in [-0.15, -0.1) is 0 Å². The van der Waals surface area contributed by atoms with E-state index in [0.717, 1.165) is 25.3 Å². The van der Waals surface area contributed by atoms with Gasteiger partial charge in [0, 0.05) is 18.3 Å². The van der Waals surface area contributed by atoms with Crippen molar-refractivity contribution in [1.82, 2.24) is 0 Å². The molecule has 0 heterocycles. The molecule has 21 heavy (non-hydrogen) atoms. The van der Waals surface area contributed by atoms with E-state index in [2.05, 4.69) is 6.92 Å². The van der Waals surface area contributed by atoms with E-state index < -0.39 is 11.7 Å². The summed E-state index contributed by atoms with van der Waals surface area (Å²) in [7, 11) is 0. The SMILES string of the molecule is CCCCN(c1ccc(C#N)c(C(F)(F)F)c1)C(C)CC. The average Bonchev–Trinajstić information content (AvgIpc) is 2.46. The fourth-order valence-corrected chi connectivity index (χ4v) is 2.20. The molecule has 0 aliphatic rings. The van der Waals surface area contributed by atoms with Crippen LogP contribution in [0.5, 0.6) is 0 Å². The van der Waals surface area contributed by atoms with E-state index in [1.807, 2.05) is 18.7 Å². The molecule has 0 fully saturated rings. The standard InChI is InChI=1S/C16H21F3N2/c1-4-6-9-21(12(3)5-2)14-8-7-13(11-20)15(10-14)16(17,18)19/h7-8,10,12H,4-6,9H2,1-3H3. The number of alkyl halides is 3. The lowest BCUT2D eigenvalue weighted by atomic mass is 10.0. The van der Waals surface area contributed by atoms with E-state index in [1.54, 1.807) is 12.1 Å². The van der Waals surface area contributed by atoms with E-state index in [4.69, 9.17) is 5.26 Å². The van der Waals surface area contributed by atoms with Crippen molar-refractivity contribution < 1.29 is 13.2 Å². The van der Waals surface area contributed by atoms with Gasteiger partial charge >= 0.3 is 6.18 Å². The molecule has 0 N–H and O–H groups in total. The molecule has 1 rings (SSSR count). The third-order valence-corrected chi connectivity index (χ3v) is 3.64. The van der Waals surface area contributed by atoms with Gasteiger partial charge in [0.2, 0.25) is 0 Å². The van der Waals surface area contributed by atoms with Gasteiger partial charge in [-0.2, -0.15) is 18.4 Å². The Hall–Kier alpha value is -1.70. The zero-order chi connectivity index (χ0) is 16.0. The van der Waals surface area contributed by atoms with Crippen LogP contribution in [0.2, 0.25) is 0 Å². The van der Waals surface area contributed by atoms with E-state index in [1.165, 1.54) is 6.07 Å². The third kappa shape index (κ3) is 4.38. The molecule has 0 aromatic heterocycles. The lowest BCUT2D eigenvalue weighted by molar-refractivity contribution is -0.137. The minimum Gasteiger partial charge on any atom is -0.369 e. The molecule has 1 aromatic carbocycles. The average molecular weight is 298 g/mol. The first-order valence-corrected chi connectivity index (χ1v) is 7.23. The van der Waals surface area contributed by atoms with Crippen LogP contribution in [0.4, 0.5) is 18.9 Å². The lowest BCUT2D eigenvalue weighted by Gasteiger charge is -2.31. The molecule has 0 spiro atoms. The van der Waals surface area contributed by atoms with Crippen LogP contribution in [0.15, 0.2) is 18.2 Å². The highest BCUT2D eigenvalue weighted by molar-refractivity contribution is 5.55. The predicted molar refractivity (Wildman–Crippen MR) is 78.2 cm³/mol. The number of anilines is 1. The molecule has 1 aromatic rings. The molecule has 0 amide bonds. The molecule has 0 saturated heterocycles. The molecule has 2 nitrogen and oxygen atoms in total. The number of nitrogens with zero attached hydrogens (tertiary/aromatic N) is 2. The van der Waals surface area contributed by atoms with E-state index in [9.17, 15) is 13.2 Å². The fraction of sp³-hybridized carbons (Fsp3) is 0.562. The van der Waals surface area contributed by atoms with Crippen LogP contribution in [0.1, 0.15) is 51.2 Å². The number of benzene rings is 1. The number of hydrogen-bond donors (Lipinski definition) is 0. The highest BCUT2D eigenvalue weighted by Crippen LogP contribution is 2.35. The molecule has 116 valence electrons. The second kappa shape index (κ2) is 7.35. The summed E-state index contributed by atoms with van der Waals surface area (Å²) in [5.41, 5.74) is -0.651. The fourth-order valence-electron chi connectivity index (χ4n) is 2.20. The molecule has 0 radical (unpaired) electrons.